The fourth-order valence-electron chi connectivity index (χ4n) is 4.02. The summed E-state index contributed by atoms with van der Waals surface area (Å²) in [5, 5.41) is 8.61. The lowest BCUT2D eigenvalue weighted by Gasteiger charge is -2.21. The number of H-pyrrole nitrogens is 1. The molecule has 1 fully saturated rings. The third-order valence-electron chi connectivity index (χ3n) is 5.35. The monoisotopic (exact) mass is 359 g/mol. The number of aromatic nitrogens is 5. The van der Waals surface area contributed by atoms with Crippen molar-refractivity contribution in [3.8, 4) is 11.5 Å². The summed E-state index contributed by atoms with van der Waals surface area (Å²) in [7, 11) is 0. The standard InChI is InChI=1S/C21H21N5O/c1-14-10-19(25-24-14)21-23-8-9-26(21)20-13-27-12-16(20)11-15-6-7-22-18-5-3-2-4-17(15)18/h2-10,16,20H,11-13H2,1H3,(H,24,25)/t16-,20-/m1/s1. The molecule has 4 aromatic rings. The molecule has 1 saturated heterocycles. The summed E-state index contributed by atoms with van der Waals surface area (Å²) >= 11 is 0. The molecule has 0 radical (unpaired) electrons. The molecule has 0 bridgehead atoms. The Morgan fingerprint density at radius 3 is 2.96 bits per heavy atom. The first kappa shape index (κ1) is 16.2. The minimum absolute atomic E-state index is 0.242. The number of aromatic amines is 1. The maximum absolute atomic E-state index is 5.88. The zero-order valence-corrected chi connectivity index (χ0v) is 15.2. The summed E-state index contributed by atoms with van der Waals surface area (Å²) in [6, 6.07) is 12.7. The quantitative estimate of drug-likeness (QED) is 0.605. The lowest BCUT2D eigenvalue weighted by atomic mass is 9.93. The van der Waals surface area contributed by atoms with Gasteiger partial charge in [0.1, 0.15) is 5.69 Å². The molecule has 2 atom stereocenters. The maximum Gasteiger partial charge on any atom is 0.160 e. The van der Waals surface area contributed by atoms with Crippen molar-refractivity contribution in [1.29, 1.82) is 0 Å². The molecule has 0 saturated carbocycles. The summed E-state index contributed by atoms with van der Waals surface area (Å²) in [6.07, 6.45) is 6.73. The normalized spacial score (nSPS) is 19.7. The van der Waals surface area contributed by atoms with Gasteiger partial charge in [-0.05, 0) is 37.1 Å². The summed E-state index contributed by atoms with van der Waals surface area (Å²) in [4.78, 5) is 9.03. The van der Waals surface area contributed by atoms with Gasteiger partial charge in [0, 0.05) is 35.6 Å². The van der Waals surface area contributed by atoms with Crippen LogP contribution in [-0.2, 0) is 11.2 Å². The molecule has 0 amide bonds. The van der Waals surface area contributed by atoms with E-state index in [4.69, 9.17) is 4.74 Å². The highest BCUT2D eigenvalue weighted by molar-refractivity contribution is 5.81. The van der Waals surface area contributed by atoms with Gasteiger partial charge in [-0.25, -0.2) is 4.98 Å². The molecule has 0 aliphatic carbocycles. The number of aryl methyl sites for hydroxylation is 1. The van der Waals surface area contributed by atoms with Crippen LogP contribution in [0.15, 0.2) is 55.0 Å². The van der Waals surface area contributed by atoms with Gasteiger partial charge in [0.15, 0.2) is 5.82 Å². The van der Waals surface area contributed by atoms with Gasteiger partial charge >= 0.3 is 0 Å². The maximum atomic E-state index is 5.88. The first-order valence-electron chi connectivity index (χ1n) is 9.25. The first-order chi connectivity index (χ1) is 13.3. The zero-order valence-electron chi connectivity index (χ0n) is 15.2. The van der Waals surface area contributed by atoms with E-state index in [1.54, 1.807) is 0 Å². The molecule has 3 aromatic heterocycles. The number of para-hydroxylation sites is 1. The van der Waals surface area contributed by atoms with Crippen molar-refractivity contribution in [3.05, 3.63) is 66.2 Å². The van der Waals surface area contributed by atoms with Crippen molar-refractivity contribution in [3.63, 3.8) is 0 Å². The van der Waals surface area contributed by atoms with E-state index in [0.29, 0.717) is 12.5 Å². The fourth-order valence-corrected chi connectivity index (χ4v) is 4.02. The molecule has 1 aromatic carbocycles. The van der Waals surface area contributed by atoms with Crippen LogP contribution < -0.4 is 0 Å². The van der Waals surface area contributed by atoms with Crippen molar-refractivity contribution in [2.24, 2.45) is 5.92 Å². The first-order valence-corrected chi connectivity index (χ1v) is 9.25. The van der Waals surface area contributed by atoms with Crippen molar-refractivity contribution >= 4 is 10.9 Å². The molecule has 1 aliphatic rings. The summed E-state index contributed by atoms with van der Waals surface area (Å²) < 4.78 is 8.10. The number of ether oxygens (including phenoxy) is 1. The number of rotatable bonds is 4. The smallest absolute Gasteiger partial charge is 0.160 e. The average Bonchev–Trinajstić information content (AvgIpc) is 3.42. The van der Waals surface area contributed by atoms with E-state index in [9.17, 15) is 0 Å². The lowest BCUT2D eigenvalue weighted by Crippen LogP contribution is -2.20. The van der Waals surface area contributed by atoms with Crippen LogP contribution in [0.3, 0.4) is 0 Å². The van der Waals surface area contributed by atoms with Gasteiger partial charge < -0.3 is 9.30 Å². The molecule has 0 spiro atoms. The van der Waals surface area contributed by atoms with E-state index in [1.807, 2.05) is 37.6 Å². The topological polar surface area (TPSA) is 68.6 Å². The molecule has 1 N–H and O–H groups in total. The highest BCUT2D eigenvalue weighted by atomic mass is 16.5. The van der Waals surface area contributed by atoms with Crippen LogP contribution in [0.2, 0.25) is 0 Å². The van der Waals surface area contributed by atoms with Crippen molar-refractivity contribution in [2.75, 3.05) is 13.2 Å². The number of pyridine rings is 1. The molecule has 27 heavy (non-hydrogen) atoms. The van der Waals surface area contributed by atoms with Crippen LogP contribution in [0, 0.1) is 12.8 Å². The minimum atomic E-state index is 0.242. The van der Waals surface area contributed by atoms with Gasteiger partial charge in [-0.3, -0.25) is 10.1 Å². The molecule has 0 unspecified atom stereocenters. The van der Waals surface area contributed by atoms with Gasteiger partial charge in [0.05, 0.1) is 24.8 Å². The third-order valence-corrected chi connectivity index (χ3v) is 5.35. The SMILES string of the molecule is Cc1cc(-c2nccn2[C@@H]2COC[C@H]2Cc2ccnc3ccccc23)n[nH]1. The van der Waals surface area contributed by atoms with E-state index in [0.717, 1.165) is 35.8 Å². The van der Waals surface area contributed by atoms with Crippen LogP contribution in [0.25, 0.3) is 22.4 Å². The van der Waals surface area contributed by atoms with Gasteiger partial charge in [0.2, 0.25) is 0 Å². The van der Waals surface area contributed by atoms with E-state index < -0.39 is 0 Å². The molecule has 4 heterocycles. The predicted molar refractivity (Wildman–Crippen MR) is 103 cm³/mol. The highest BCUT2D eigenvalue weighted by Crippen LogP contribution is 2.33. The Labute approximate surface area is 157 Å². The van der Waals surface area contributed by atoms with Crippen molar-refractivity contribution in [1.82, 2.24) is 24.7 Å². The van der Waals surface area contributed by atoms with Crippen LogP contribution in [-0.4, -0.2) is 37.9 Å². The van der Waals surface area contributed by atoms with Crippen molar-refractivity contribution < 1.29 is 4.74 Å². The average molecular weight is 359 g/mol. The Morgan fingerprint density at radius 2 is 2.07 bits per heavy atom. The minimum Gasteiger partial charge on any atom is -0.379 e. The number of fused-ring (bicyclic) bond motifs is 1. The Kier molecular flexibility index (Phi) is 3.98. The lowest BCUT2D eigenvalue weighted by molar-refractivity contribution is 0.181. The predicted octanol–water partition coefficient (Wildman–Crippen LogP) is 3.56. The fraction of sp³-hybridized carbons (Fsp3) is 0.286. The van der Waals surface area contributed by atoms with Gasteiger partial charge in [-0.15, -0.1) is 0 Å². The number of nitrogens with zero attached hydrogens (tertiary/aromatic N) is 4. The Balaban J connectivity index is 1.47. The Bertz CT molecular complexity index is 1080. The molecular weight excluding hydrogens is 338 g/mol. The molecule has 6 heteroatoms. The van der Waals surface area contributed by atoms with Gasteiger partial charge in [-0.2, -0.15) is 5.10 Å². The highest BCUT2D eigenvalue weighted by Gasteiger charge is 2.32. The number of nitrogens with one attached hydrogen (secondary N) is 1. The molecular formula is C21H21N5O. The second-order valence-corrected chi connectivity index (χ2v) is 7.15. The van der Waals surface area contributed by atoms with Crippen LogP contribution in [0.4, 0.5) is 0 Å². The van der Waals surface area contributed by atoms with Crippen LogP contribution >= 0.6 is 0 Å². The number of imidazole rings is 1. The number of hydrogen-bond acceptors (Lipinski definition) is 4. The summed E-state index contributed by atoms with van der Waals surface area (Å²) in [6.45, 7) is 3.44. The molecule has 1 aliphatic heterocycles. The van der Waals surface area contributed by atoms with E-state index >= 15 is 0 Å². The number of hydrogen-bond donors (Lipinski definition) is 1. The number of benzene rings is 1. The van der Waals surface area contributed by atoms with E-state index in [1.165, 1.54) is 10.9 Å². The van der Waals surface area contributed by atoms with Gasteiger partial charge in [0.25, 0.3) is 0 Å². The summed E-state index contributed by atoms with van der Waals surface area (Å²) in [5.41, 5.74) is 4.26. The molecule has 6 nitrogen and oxygen atoms in total. The van der Waals surface area contributed by atoms with E-state index in [2.05, 4.69) is 49.0 Å². The molecule has 5 rings (SSSR count). The molecule has 136 valence electrons. The van der Waals surface area contributed by atoms with Crippen LogP contribution in [0.5, 0.6) is 0 Å². The Hall–Kier alpha value is -2.99. The second-order valence-electron chi connectivity index (χ2n) is 7.15. The third kappa shape index (κ3) is 2.92. The largest absolute Gasteiger partial charge is 0.379 e. The van der Waals surface area contributed by atoms with Crippen LogP contribution in [0.1, 0.15) is 17.3 Å². The second kappa shape index (κ2) is 6.63. The van der Waals surface area contributed by atoms with E-state index in [-0.39, 0.29) is 6.04 Å². The Morgan fingerprint density at radius 1 is 1.15 bits per heavy atom. The van der Waals surface area contributed by atoms with Crippen molar-refractivity contribution in [2.45, 2.75) is 19.4 Å². The summed E-state index contributed by atoms with van der Waals surface area (Å²) in [5.74, 6) is 1.27. The zero-order chi connectivity index (χ0) is 18.2. The van der Waals surface area contributed by atoms with Gasteiger partial charge in [-0.1, -0.05) is 18.2 Å².